The van der Waals surface area contributed by atoms with Crippen LogP contribution in [0, 0.1) is 28.3 Å². The fraction of sp³-hybridized carbons (Fsp3) is 0.333. The van der Waals surface area contributed by atoms with E-state index in [-0.39, 0.29) is 6.42 Å². The fourth-order valence-corrected chi connectivity index (χ4v) is 3.08. The number of hydrogen-bond donors (Lipinski definition) is 1. The minimum atomic E-state index is -4.22. The number of halogens is 1. The lowest BCUT2D eigenvalue weighted by atomic mass is 10.2. The van der Waals surface area contributed by atoms with Gasteiger partial charge in [0, 0.05) is 12.5 Å². The molecule has 0 saturated heterocycles. The Labute approximate surface area is 116 Å². The topological polar surface area (TPSA) is 89.3 Å². The van der Waals surface area contributed by atoms with Crippen molar-refractivity contribution in [3.63, 3.8) is 0 Å². The number of para-hydroxylation sites is 1. The van der Waals surface area contributed by atoms with Crippen molar-refractivity contribution in [1.82, 2.24) is 4.72 Å². The van der Waals surface area contributed by atoms with Gasteiger partial charge in [-0.15, -0.1) is 12.3 Å². The molecule has 1 unspecified atom stereocenters. The number of benzene rings is 1. The van der Waals surface area contributed by atoms with Crippen LogP contribution in [-0.4, -0.2) is 19.4 Å². The third kappa shape index (κ3) is 3.53. The number of nitro benzene ring substituents is 1. The minimum absolute atomic E-state index is 0.138. The maximum atomic E-state index is 13.4. The van der Waals surface area contributed by atoms with Crippen LogP contribution in [-0.2, 0) is 10.0 Å². The van der Waals surface area contributed by atoms with Gasteiger partial charge in [0.05, 0.1) is 4.92 Å². The SMILES string of the molecule is C#CCC(CC)NS(=O)(=O)c1cccc(F)c1[N+](=O)[O-]. The smallest absolute Gasteiger partial charge is 0.258 e. The first-order valence-electron chi connectivity index (χ1n) is 5.72. The van der Waals surface area contributed by atoms with Crippen LogP contribution in [0.25, 0.3) is 0 Å². The zero-order chi connectivity index (χ0) is 15.3. The van der Waals surface area contributed by atoms with Crippen LogP contribution in [0.5, 0.6) is 0 Å². The van der Waals surface area contributed by atoms with Gasteiger partial charge in [0.25, 0.3) is 0 Å². The number of nitrogens with one attached hydrogen (secondary N) is 1. The second kappa shape index (κ2) is 6.45. The summed E-state index contributed by atoms with van der Waals surface area (Å²) in [5, 5.41) is 10.8. The molecule has 0 amide bonds. The molecule has 0 saturated carbocycles. The number of nitro groups is 1. The molecular weight excluding hydrogens is 287 g/mol. The van der Waals surface area contributed by atoms with Crippen LogP contribution in [0.2, 0.25) is 0 Å². The van der Waals surface area contributed by atoms with Crippen molar-refractivity contribution in [1.29, 1.82) is 0 Å². The Morgan fingerprint density at radius 2 is 2.20 bits per heavy atom. The first-order chi connectivity index (χ1) is 9.33. The van der Waals surface area contributed by atoms with Crippen molar-refractivity contribution in [2.75, 3.05) is 0 Å². The van der Waals surface area contributed by atoms with Crippen LogP contribution in [0.1, 0.15) is 19.8 Å². The predicted molar refractivity (Wildman–Crippen MR) is 70.9 cm³/mol. The summed E-state index contributed by atoms with van der Waals surface area (Å²) in [6.45, 7) is 1.71. The standard InChI is InChI=1S/C12H13FN2O4S/c1-3-6-9(4-2)14-20(18,19)11-8-5-7-10(13)12(11)15(16)17/h1,5,7-9,14H,4,6H2,2H3. The summed E-state index contributed by atoms with van der Waals surface area (Å²) in [4.78, 5) is 9.04. The van der Waals surface area contributed by atoms with Crippen molar-refractivity contribution >= 4 is 15.7 Å². The highest BCUT2D eigenvalue weighted by Crippen LogP contribution is 2.26. The van der Waals surface area contributed by atoms with Crippen LogP contribution in [0.4, 0.5) is 10.1 Å². The lowest BCUT2D eigenvalue weighted by Crippen LogP contribution is -2.34. The molecule has 0 heterocycles. The molecule has 6 nitrogen and oxygen atoms in total. The molecule has 1 rings (SSSR count). The zero-order valence-electron chi connectivity index (χ0n) is 10.7. The second-order valence-electron chi connectivity index (χ2n) is 3.98. The quantitative estimate of drug-likeness (QED) is 0.493. The molecule has 0 spiro atoms. The van der Waals surface area contributed by atoms with Gasteiger partial charge in [-0.1, -0.05) is 13.0 Å². The van der Waals surface area contributed by atoms with Crippen LogP contribution >= 0.6 is 0 Å². The Balaban J connectivity index is 3.27. The molecule has 8 heteroatoms. The van der Waals surface area contributed by atoms with E-state index in [1.165, 1.54) is 0 Å². The Bertz CT molecular complexity index is 652. The number of hydrogen-bond acceptors (Lipinski definition) is 4. The van der Waals surface area contributed by atoms with E-state index in [0.717, 1.165) is 18.2 Å². The van der Waals surface area contributed by atoms with Crippen LogP contribution in [0.3, 0.4) is 0 Å². The number of terminal acetylenes is 1. The average Bonchev–Trinajstić information content (AvgIpc) is 2.37. The molecule has 0 aliphatic heterocycles. The van der Waals surface area contributed by atoms with Crippen molar-refractivity contribution in [3.05, 3.63) is 34.1 Å². The van der Waals surface area contributed by atoms with Gasteiger partial charge in [-0.25, -0.2) is 13.1 Å². The fourth-order valence-electron chi connectivity index (χ4n) is 1.58. The van der Waals surface area contributed by atoms with E-state index in [1.807, 2.05) is 0 Å². The molecule has 20 heavy (non-hydrogen) atoms. The number of rotatable bonds is 6. The summed E-state index contributed by atoms with van der Waals surface area (Å²) in [6.07, 6.45) is 5.66. The van der Waals surface area contributed by atoms with E-state index in [0.29, 0.717) is 6.42 Å². The zero-order valence-corrected chi connectivity index (χ0v) is 11.5. The van der Waals surface area contributed by atoms with Crippen molar-refractivity contribution in [2.45, 2.75) is 30.7 Å². The largest absolute Gasteiger partial charge is 0.324 e. The number of sulfonamides is 1. The Kier molecular flexibility index (Phi) is 5.19. The Morgan fingerprint density at radius 1 is 1.55 bits per heavy atom. The number of nitrogens with zero attached hydrogens (tertiary/aromatic N) is 1. The van der Waals surface area contributed by atoms with Crippen molar-refractivity contribution < 1.29 is 17.7 Å². The molecule has 1 aromatic rings. The Morgan fingerprint density at radius 3 is 2.70 bits per heavy atom. The minimum Gasteiger partial charge on any atom is -0.258 e. The molecule has 0 aliphatic carbocycles. The average molecular weight is 300 g/mol. The predicted octanol–water partition coefficient (Wildman–Crippen LogP) is 1.81. The third-order valence-electron chi connectivity index (χ3n) is 2.60. The summed E-state index contributed by atoms with van der Waals surface area (Å²) >= 11 is 0. The van der Waals surface area contributed by atoms with Crippen LogP contribution in [0.15, 0.2) is 23.1 Å². The third-order valence-corrected chi connectivity index (χ3v) is 4.15. The first kappa shape index (κ1) is 16.1. The second-order valence-corrected chi connectivity index (χ2v) is 5.66. The maximum absolute atomic E-state index is 13.4. The summed E-state index contributed by atoms with van der Waals surface area (Å²) < 4.78 is 39.9. The molecule has 1 aromatic carbocycles. The maximum Gasteiger partial charge on any atom is 0.324 e. The molecular formula is C12H13FN2O4S. The highest BCUT2D eigenvalue weighted by molar-refractivity contribution is 7.89. The highest BCUT2D eigenvalue weighted by Gasteiger charge is 2.30. The van der Waals surface area contributed by atoms with Gasteiger partial charge in [0.2, 0.25) is 15.8 Å². The van der Waals surface area contributed by atoms with Gasteiger partial charge in [0.15, 0.2) is 4.90 Å². The van der Waals surface area contributed by atoms with E-state index >= 15 is 0 Å². The van der Waals surface area contributed by atoms with Gasteiger partial charge < -0.3 is 0 Å². The molecule has 0 bridgehead atoms. The lowest BCUT2D eigenvalue weighted by molar-refractivity contribution is -0.390. The van der Waals surface area contributed by atoms with Crippen molar-refractivity contribution in [2.24, 2.45) is 0 Å². The van der Waals surface area contributed by atoms with E-state index in [2.05, 4.69) is 10.6 Å². The van der Waals surface area contributed by atoms with Gasteiger partial charge in [-0.05, 0) is 18.6 Å². The van der Waals surface area contributed by atoms with E-state index in [4.69, 9.17) is 6.42 Å². The summed E-state index contributed by atoms with van der Waals surface area (Å²) in [6, 6.07) is 2.34. The van der Waals surface area contributed by atoms with E-state index < -0.39 is 37.4 Å². The molecule has 1 atom stereocenters. The molecule has 0 radical (unpaired) electrons. The Hall–Kier alpha value is -1.98. The first-order valence-corrected chi connectivity index (χ1v) is 7.20. The normalized spacial score (nSPS) is 12.7. The van der Waals surface area contributed by atoms with Crippen LogP contribution < -0.4 is 4.72 Å². The molecule has 0 aromatic heterocycles. The lowest BCUT2D eigenvalue weighted by Gasteiger charge is -2.14. The molecule has 1 N–H and O–H groups in total. The van der Waals surface area contributed by atoms with Gasteiger partial charge in [0.1, 0.15) is 0 Å². The molecule has 0 aliphatic rings. The van der Waals surface area contributed by atoms with Gasteiger partial charge in [-0.2, -0.15) is 4.39 Å². The van der Waals surface area contributed by atoms with E-state index in [9.17, 15) is 22.9 Å². The summed E-state index contributed by atoms with van der Waals surface area (Å²) in [5.41, 5.74) is -1.07. The van der Waals surface area contributed by atoms with Gasteiger partial charge >= 0.3 is 5.69 Å². The molecule has 0 fully saturated rings. The molecule has 108 valence electrons. The summed E-state index contributed by atoms with van der Waals surface area (Å²) in [5.74, 6) is 1.10. The highest BCUT2D eigenvalue weighted by atomic mass is 32.2. The van der Waals surface area contributed by atoms with E-state index in [1.54, 1.807) is 6.92 Å². The van der Waals surface area contributed by atoms with Gasteiger partial charge in [-0.3, -0.25) is 10.1 Å². The monoisotopic (exact) mass is 300 g/mol. The van der Waals surface area contributed by atoms with Crippen molar-refractivity contribution in [3.8, 4) is 12.3 Å². The summed E-state index contributed by atoms with van der Waals surface area (Å²) in [7, 11) is -4.22.